The van der Waals surface area contributed by atoms with E-state index in [4.69, 9.17) is 4.74 Å². The summed E-state index contributed by atoms with van der Waals surface area (Å²) < 4.78 is 50.9. The molecule has 2 aromatic heterocycles. The number of benzene rings is 2. The first-order valence-corrected chi connectivity index (χ1v) is 12.8. The number of pyridine rings is 1. The lowest BCUT2D eigenvalue weighted by molar-refractivity contribution is -0.140. The molecule has 0 aliphatic rings. The van der Waals surface area contributed by atoms with Gasteiger partial charge in [0.05, 0.1) is 19.4 Å². The molecule has 0 radical (unpaired) electrons. The number of carboxylic acid groups (broad SMARTS) is 1. The predicted octanol–water partition coefficient (Wildman–Crippen LogP) is 5.92. The first kappa shape index (κ1) is 28.6. The summed E-state index contributed by atoms with van der Waals surface area (Å²) >= 11 is 0.573. The number of halogens is 3. The van der Waals surface area contributed by atoms with Crippen LogP contribution < -0.4 is 14.4 Å². The van der Waals surface area contributed by atoms with E-state index in [0.717, 1.165) is 10.5 Å². The second-order valence-corrected chi connectivity index (χ2v) is 9.60. The molecule has 1 atom stereocenters. The van der Waals surface area contributed by atoms with Crippen molar-refractivity contribution < 1.29 is 37.3 Å². The van der Waals surface area contributed by atoms with Gasteiger partial charge in [-0.25, -0.2) is 9.97 Å². The van der Waals surface area contributed by atoms with Crippen molar-refractivity contribution in [1.29, 1.82) is 0 Å². The Hall–Kier alpha value is -4.45. The Labute approximate surface area is 231 Å². The van der Waals surface area contributed by atoms with E-state index in [1.807, 2.05) is 0 Å². The van der Waals surface area contributed by atoms with Crippen molar-refractivity contribution in [3.8, 4) is 34.0 Å². The molecule has 208 valence electrons. The SMILES string of the molecule is COc1ccc(-c2ccc(OC(F)F)cc2-c2nc(N(C)C(=O)C(CC(=O)O)Cc3ccccc3)sc2F)cn1. The second kappa shape index (κ2) is 12.6. The number of hydrogen-bond acceptors (Lipinski definition) is 7. The van der Waals surface area contributed by atoms with Crippen molar-refractivity contribution in [3.63, 3.8) is 0 Å². The summed E-state index contributed by atoms with van der Waals surface area (Å²) in [5.74, 6) is -2.50. The van der Waals surface area contributed by atoms with Crippen LogP contribution in [0.1, 0.15) is 12.0 Å². The minimum absolute atomic E-state index is 0.0278. The number of rotatable bonds is 11. The van der Waals surface area contributed by atoms with E-state index in [2.05, 4.69) is 14.7 Å². The van der Waals surface area contributed by atoms with Crippen molar-refractivity contribution in [2.24, 2.45) is 5.92 Å². The second-order valence-electron chi connectivity index (χ2n) is 8.68. The maximum atomic E-state index is 15.4. The van der Waals surface area contributed by atoms with Gasteiger partial charge in [0.1, 0.15) is 11.4 Å². The first-order valence-electron chi connectivity index (χ1n) is 12.0. The minimum Gasteiger partial charge on any atom is -0.481 e. The van der Waals surface area contributed by atoms with Gasteiger partial charge in [-0.3, -0.25) is 14.5 Å². The van der Waals surface area contributed by atoms with Crippen molar-refractivity contribution in [2.75, 3.05) is 19.1 Å². The number of carboxylic acids is 1. The van der Waals surface area contributed by atoms with E-state index in [1.165, 1.54) is 38.6 Å². The molecule has 0 saturated carbocycles. The third-order valence-corrected chi connectivity index (χ3v) is 6.94. The molecule has 1 N–H and O–H groups in total. The summed E-state index contributed by atoms with van der Waals surface area (Å²) in [7, 11) is 2.84. The standard InChI is InChI=1S/C28H24F3N3O5S/c1-34(26(37)18(13-23(35)36)12-16-6-4-3-5-7-16)28-33-24(25(29)40-28)21-14-19(39-27(30)31)9-10-20(21)17-8-11-22(38-2)32-15-17/h3-11,14-15,18,27H,12-13H2,1-2H3,(H,35,36). The van der Waals surface area contributed by atoms with Crippen LogP contribution in [0.3, 0.4) is 0 Å². The number of thiazole rings is 1. The van der Waals surface area contributed by atoms with Gasteiger partial charge >= 0.3 is 12.6 Å². The highest BCUT2D eigenvalue weighted by Crippen LogP contribution is 2.39. The van der Waals surface area contributed by atoms with Gasteiger partial charge in [0.25, 0.3) is 0 Å². The van der Waals surface area contributed by atoms with Crippen LogP contribution in [-0.2, 0) is 16.0 Å². The third-order valence-electron chi connectivity index (χ3n) is 6.02. The highest BCUT2D eigenvalue weighted by Gasteiger charge is 2.29. The number of anilines is 1. The molecule has 0 aliphatic carbocycles. The maximum Gasteiger partial charge on any atom is 0.387 e. The van der Waals surface area contributed by atoms with E-state index in [-0.39, 0.29) is 28.6 Å². The molecule has 0 fully saturated rings. The molecule has 4 aromatic rings. The Kier molecular flexibility index (Phi) is 9.00. The van der Waals surface area contributed by atoms with Crippen LogP contribution in [0.2, 0.25) is 0 Å². The summed E-state index contributed by atoms with van der Waals surface area (Å²) in [6, 6.07) is 16.2. The predicted molar refractivity (Wildman–Crippen MR) is 143 cm³/mol. The van der Waals surface area contributed by atoms with Gasteiger partial charge < -0.3 is 14.6 Å². The number of ether oxygens (including phenoxy) is 2. The van der Waals surface area contributed by atoms with Gasteiger partial charge in [-0.05, 0) is 41.8 Å². The zero-order chi connectivity index (χ0) is 28.8. The van der Waals surface area contributed by atoms with E-state index in [9.17, 15) is 23.5 Å². The molecule has 8 nitrogen and oxygen atoms in total. The molecule has 2 aromatic carbocycles. The number of aliphatic carboxylic acids is 1. The lowest BCUT2D eigenvalue weighted by atomic mass is 9.95. The normalized spacial score (nSPS) is 11.8. The Morgan fingerprint density at radius 1 is 1.07 bits per heavy atom. The Balaban J connectivity index is 1.71. The number of amides is 1. The van der Waals surface area contributed by atoms with E-state index < -0.39 is 36.0 Å². The van der Waals surface area contributed by atoms with Crippen LogP contribution in [0.5, 0.6) is 11.6 Å². The average Bonchev–Trinajstić information content (AvgIpc) is 3.33. The maximum absolute atomic E-state index is 15.4. The molecule has 1 amide bonds. The smallest absolute Gasteiger partial charge is 0.387 e. The molecular formula is C28H24F3N3O5S. The highest BCUT2D eigenvalue weighted by molar-refractivity contribution is 7.14. The van der Waals surface area contributed by atoms with Crippen molar-refractivity contribution in [2.45, 2.75) is 19.5 Å². The van der Waals surface area contributed by atoms with Gasteiger partial charge in [-0.1, -0.05) is 41.7 Å². The fourth-order valence-electron chi connectivity index (χ4n) is 4.13. The van der Waals surface area contributed by atoms with Gasteiger partial charge in [0.2, 0.25) is 16.9 Å². The summed E-state index contributed by atoms with van der Waals surface area (Å²) in [4.78, 5) is 34.4. The van der Waals surface area contributed by atoms with Gasteiger partial charge in [-0.2, -0.15) is 13.2 Å². The molecule has 1 unspecified atom stereocenters. The first-order chi connectivity index (χ1) is 19.2. The zero-order valence-electron chi connectivity index (χ0n) is 21.4. The number of alkyl halides is 2. The highest BCUT2D eigenvalue weighted by atomic mass is 32.1. The minimum atomic E-state index is -3.10. The topological polar surface area (TPSA) is 102 Å². The van der Waals surface area contributed by atoms with Gasteiger partial charge in [0.15, 0.2) is 5.13 Å². The number of hydrogen-bond donors (Lipinski definition) is 1. The summed E-state index contributed by atoms with van der Waals surface area (Å²) in [5.41, 5.74) is 1.67. The van der Waals surface area contributed by atoms with Crippen LogP contribution in [0.15, 0.2) is 66.9 Å². The van der Waals surface area contributed by atoms with Gasteiger partial charge in [0, 0.05) is 30.4 Å². The molecule has 0 saturated heterocycles. The number of aromatic nitrogens is 2. The average molecular weight is 572 g/mol. The number of nitrogens with zero attached hydrogens (tertiary/aromatic N) is 3. The van der Waals surface area contributed by atoms with Gasteiger partial charge in [-0.15, -0.1) is 0 Å². The monoisotopic (exact) mass is 571 g/mol. The van der Waals surface area contributed by atoms with Crippen LogP contribution >= 0.6 is 11.3 Å². The van der Waals surface area contributed by atoms with Crippen LogP contribution in [0.25, 0.3) is 22.4 Å². The van der Waals surface area contributed by atoms with Crippen LogP contribution in [-0.4, -0.2) is 47.7 Å². The Morgan fingerprint density at radius 2 is 1.82 bits per heavy atom. The molecule has 0 aliphatic heterocycles. The van der Waals surface area contributed by atoms with Crippen molar-refractivity contribution in [3.05, 3.63) is 77.6 Å². The summed E-state index contributed by atoms with van der Waals surface area (Å²) in [6.45, 7) is -3.10. The number of carbonyl (C=O) groups is 2. The zero-order valence-corrected chi connectivity index (χ0v) is 22.2. The molecule has 2 heterocycles. The van der Waals surface area contributed by atoms with E-state index in [0.29, 0.717) is 28.3 Å². The molecule has 12 heteroatoms. The summed E-state index contributed by atoms with van der Waals surface area (Å²) in [5, 5.41) is 8.60. The molecule has 4 rings (SSSR count). The lowest BCUT2D eigenvalue weighted by Gasteiger charge is -2.21. The van der Waals surface area contributed by atoms with Crippen molar-refractivity contribution >= 4 is 28.3 Å². The Morgan fingerprint density at radius 3 is 2.45 bits per heavy atom. The summed E-state index contributed by atoms with van der Waals surface area (Å²) in [6.07, 6.45) is 1.21. The number of carbonyl (C=O) groups excluding carboxylic acids is 1. The molecule has 0 bridgehead atoms. The largest absolute Gasteiger partial charge is 0.481 e. The fourth-order valence-corrected chi connectivity index (χ4v) is 4.91. The van der Waals surface area contributed by atoms with Crippen molar-refractivity contribution in [1.82, 2.24) is 9.97 Å². The Bertz CT molecular complexity index is 1480. The molecule has 40 heavy (non-hydrogen) atoms. The quantitative estimate of drug-likeness (QED) is 0.239. The van der Waals surface area contributed by atoms with E-state index >= 15 is 4.39 Å². The lowest BCUT2D eigenvalue weighted by Crippen LogP contribution is -2.35. The van der Waals surface area contributed by atoms with E-state index in [1.54, 1.807) is 42.5 Å². The van der Waals surface area contributed by atoms with Crippen LogP contribution in [0.4, 0.5) is 18.3 Å². The molecule has 0 spiro atoms. The van der Waals surface area contributed by atoms with Crippen LogP contribution in [0, 0.1) is 11.0 Å². The third kappa shape index (κ3) is 6.75. The number of methoxy groups -OCH3 is 1. The fraction of sp³-hybridized carbons (Fsp3) is 0.214. The molecular weight excluding hydrogens is 547 g/mol.